The van der Waals surface area contributed by atoms with Crippen molar-refractivity contribution in [1.82, 2.24) is 0 Å². The molecular formula is C10H21O2P. The number of unbranched alkanes of at least 4 members (excludes halogenated alkanes) is 2. The fourth-order valence-corrected chi connectivity index (χ4v) is 1.94. The van der Waals surface area contributed by atoms with Crippen LogP contribution < -0.4 is 0 Å². The molecule has 0 aliphatic heterocycles. The van der Waals surface area contributed by atoms with Crippen LogP contribution in [0.5, 0.6) is 0 Å². The van der Waals surface area contributed by atoms with Gasteiger partial charge < -0.3 is 9.05 Å². The molecule has 0 bridgehead atoms. The van der Waals surface area contributed by atoms with E-state index in [1.807, 2.05) is 13.8 Å². The van der Waals surface area contributed by atoms with Gasteiger partial charge in [-0.2, -0.15) is 0 Å². The predicted molar refractivity (Wildman–Crippen MR) is 58.8 cm³/mol. The molecule has 0 aliphatic carbocycles. The summed E-state index contributed by atoms with van der Waals surface area (Å²) in [5.41, 5.74) is 0. The largest absolute Gasteiger partial charge is 0.331 e. The first-order chi connectivity index (χ1) is 6.35. The molecular weight excluding hydrogens is 183 g/mol. The summed E-state index contributed by atoms with van der Waals surface area (Å²) in [6.45, 7) is 7.64. The average molecular weight is 204 g/mol. The van der Waals surface area contributed by atoms with Crippen molar-refractivity contribution < 1.29 is 9.05 Å². The molecule has 0 rings (SSSR count). The smallest absolute Gasteiger partial charge is 0.196 e. The highest BCUT2D eigenvalue weighted by Crippen LogP contribution is 2.39. The van der Waals surface area contributed by atoms with Gasteiger partial charge in [-0.25, -0.2) is 0 Å². The molecule has 0 aromatic rings. The van der Waals surface area contributed by atoms with Gasteiger partial charge in [0.15, 0.2) is 8.38 Å². The summed E-state index contributed by atoms with van der Waals surface area (Å²) in [7, 11) is -0.758. The van der Waals surface area contributed by atoms with Crippen molar-refractivity contribution in [2.45, 2.75) is 40.0 Å². The van der Waals surface area contributed by atoms with Gasteiger partial charge in [0.2, 0.25) is 0 Å². The average Bonchev–Trinajstić information content (AvgIpc) is 2.13. The maximum Gasteiger partial charge on any atom is 0.196 e. The Morgan fingerprint density at radius 1 is 1.08 bits per heavy atom. The van der Waals surface area contributed by atoms with E-state index in [1.54, 1.807) is 0 Å². The van der Waals surface area contributed by atoms with Crippen molar-refractivity contribution in [2.75, 3.05) is 13.2 Å². The first-order valence-electron chi connectivity index (χ1n) is 5.06. The maximum absolute atomic E-state index is 5.42. The van der Waals surface area contributed by atoms with Gasteiger partial charge in [-0.3, -0.25) is 0 Å². The summed E-state index contributed by atoms with van der Waals surface area (Å²) in [6.07, 6.45) is 5.79. The minimum absolute atomic E-state index is 0.726. The van der Waals surface area contributed by atoms with Crippen LogP contribution in [0, 0.1) is 0 Å². The van der Waals surface area contributed by atoms with Gasteiger partial charge in [-0.1, -0.05) is 25.8 Å². The summed E-state index contributed by atoms with van der Waals surface area (Å²) in [4.78, 5) is 0. The fraction of sp³-hybridized carbons (Fsp3) is 0.800. The Morgan fingerprint density at radius 3 is 2.15 bits per heavy atom. The molecule has 0 saturated heterocycles. The molecule has 13 heavy (non-hydrogen) atoms. The van der Waals surface area contributed by atoms with E-state index in [9.17, 15) is 0 Å². The fourth-order valence-electron chi connectivity index (χ4n) is 0.860. The lowest BCUT2D eigenvalue weighted by molar-refractivity contribution is 0.276. The Bertz CT molecular complexity index is 120. The van der Waals surface area contributed by atoms with E-state index in [0.717, 1.165) is 19.6 Å². The number of hydrogen-bond acceptors (Lipinski definition) is 2. The van der Waals surface area contributed by atoms with Crippen LogP contribution in [-0.4, -0.2) is 13.2 Å². The lowest BCUT2D eigenvalue weighted by Gasteiger charge is -2.10. The number of rotatable bonds is 8. The Kier molecular flexibility index (Phi) is 10.2. The summed E-state index contributed by atoms with van der Waals surface area (Å²) in [5.74, 6) is 2.07. The molecule has 0 aliphatic rings. The molecule has 0 radical (unpaired) electrons. The Labute approximate surface area is 83.2 Å². The van der Waals surface area contributed by atoms with E-state index in [0.29, 0.717) is 0 Å². The summed E-state index contributed by atoms with van der Waals surface area (Å²) < 4.78 is 10.8. The molecule has 0 N–H and O–H groups in total. The Hall–Kier alpha value is 0.0900. The van der Waals surface area contributed by atoms with E-state index in [2.05, 4.69) is 18.8 Å². The maximum atomic E-state index is 5.42. The van der Waals surface area contributed by atoms with Crippen LogP contribution >= 0.6 is 8.38 Å². The second-order valence-corrected chi connectivity index (χ2v) is 4.03. The van der Waals surface area contributed by atoms with Crippen molar-refractivity contribution in [2.24, 2.45) is 0 Å². The first kappa shape index (κ1) is 13.1. The molecule has 0 saturated carbocycles. The third kappa shape index (κ3) is 8.42. The van der Waals surface area contributed by atoms with Crippen molar-refractivity contribution in [1.29, 1.82) is 0 Å². The zero-order valence-electron chi connectivity index (χ0n) is 8.95. The summed E-state index contributed by atoms with van der Waals surface area (Å²) >= 11 is 0. The van der Waals surface area contributed by atoms with E-state index in [1.165, 1.54) is 12.8 Å². The summed E-state index contributed by atoms with van der Waals surface area (Å²) in [5, 5.41) is 0. The molecule has 0 fully saturated rings. The van der Waals surface area contributed by atoms with Crippen LogP contribution in [0.2, 0.25) is 0 Å². The van der Waals surface area contributed by atoms with Gasteiger partial charge in [0, 0.05) is 0 Å². The van der Waals surface area contributed by atoms with Crippen LogP contribution in [0.25, 0.3) is 0 Å². The molecule has 0 amide bonds. The first-order valence-corrected chi connectivity index (χ1v) is 6.31. The van der Waals surface area contributed by atoms with Crippen molar-refractivity contribution >= 4 is 8.38 Å². The molecule has 2 nitrogen and oxygen atoms in total. The van der Waals surface area contributed by atoms with Gasteiger partial charge in [0.1, 0.15) is 0 Å². The SMILES string of the molecule is CCCC/C=C/P(OCC)OCC. The standard InChI is InChI=1S/C10H21O2P/c1-4-7-8-9-10-13(11-5-2)12-6-3/h9-10H,4-8H2,1-3H3/b10-9+. The lowest BCUT2D eigenvalue weighted by atomic mass is 10.2. The number of allylic oxidation sites excluding steroid dienone is 1. The Morgan fingerprint density at radius 2 is 1.69 bits per heavy atom. The molecule has 78 valence electrons. The molecule has 0 heterocycles. The van der Waals surface area contributed by atoms with Crippen LogP contribution in [-0.2, 0) is 9.05 Å². The molecule has 3 heteroatoms. The second kappa shape index (κ2) is 10.2. The van der Waals surface area contributed by atoms with Gasteiger partial charge in [-0.05, 0) is 26.1 Å². The Balaban J connectivity index is 3.58. The van der Waals surface area contributed by atoms with E-state index in [-0.39, 0.29) is 0 Å². The highest BCUT2D eigenvalue weighted by Gasteiger charge is 2.01. The topological polar surface area (TPSA) is 18.5 Å². The highest BCUT2D eigenvalue weighted by molar-refractivity contribution is 7.50. The van der Waals surface area contributed by atoms with Crippen LogP contribution in [0.1, 0.15) is 40.0 Å². The zero-order valence-corrected chi connectivity index (χ0v) is 9.85. The van der Waals surface area contributed by atoms with E-state index >= 15 is 0 Å². The predicted octanol–water partition coefficient (Wildman–Crippen LogP) is 4.08. The highest BCUT2D eigenvalue weighted by atomic mass is 31.2. The third-order valence-corrected chi connectivity index (χ3v) is 2.94. The van der Waals surface area contributed by atoms with Gasteiger partial charge in [-0.15, -0.1) is 0 Å². The monoisotopic (exact) mass is 204 g/mol. The van der Waals surface area contributed by atoms with Crippen LogP contribution in [0.15, 0.2) is 11.9 Å². The van der Waals surface area contributed by atoms with Gasteiger partial charge in [0.25, 0.3) is 0 Å². The van der Waals surface area contributed by atoms with E-state index < -0.39 is 8.38 Å². The molecule has 0 spiro atoms. The molecule has 0 aromatic heterocycles. The quantitative estimate of drug-likeness (QED) is 0.438. The molecule has 0 atom stereocenters. The second-order valence-electron chi connectivity index (χ2n) is 2.65. The van der Waals surface area contributed by atoms with Crippen molar-refractivity contribution in [3.8, 4) is 0 Å². The minimum atomic E-state index is -0.758. The van der Waals surface area contributed by atoms with Crippen molar-refractivity contribution in [3.05, 3.63) is 11.9 Å². The minimum Gasteiger partial charge on any atom is -0.331 e. The number of hydrogen-bond donors (Lipinski definition) is 0. The summed E-state index contributed by atoms with van der Waals surface area (Å²) in [6, 6.07) is 0. The molecule has 0 aromatic carbocycles. The third-order valence-electron chi connectivity index (χ3n) is 1.46. The lowest BCUT2D eigenvalue weighted by Crippen LogP contribution is -1.87. The zero-order chi connectivity index (χ0) is 9.94. The van der Waals surface area contributed by atoms with Crippen LogP contribution in [0.3, 0.4) is 0 Å². The van der Waals surface area contributed by atoms with Crippen molar-refractivity contribution in [3.63, 3.8) is 0 Å². The molecule has 0 unspecified atom stereocenters. The van der Waals surface area contributed by atoms with Crippen LogP contribution in [0.4, 0.5) is 0 Å². The van der Waals surface area contributed by atoms with E-state index in [4.69, 9.17) is 9.05 Å². The van der Waals surface area contributed by atoms with Gasteiger partial charge in [0.05, 0.1) is 13.2 Å². The normalized spacial score (nSPS) is 11.7. The van der Waals surface area contributed by atoms with Gasteiger partial charge >= 0.3 is 0 Å².